The Morgan fingerprint density at radius 2 is 2.05 bits per heavy atom. The minimum Gasteiger partial charge on any atom is -0.497 e. The number of methoxy groups -OCH3 is 1. The predicted octanol–water partition coefficient (Wildman–Crippen LogP) is 3.20. The second-order valence-electron chi connectivity index (χ2n) is 4.48. The Morgan fingerprint density at radius 3 is 2.60 bits per heavy atom. The van der Waals surface area contributed by atoms with E-state index in [0.717, 1.165) is 23.7 Å². The number of nitrogens with one attached hydrogen (secondary N) is 1. The van der Waals surface area contributed by atoms with Gasteiger partial charge < -0.3 is 15.8 Å². The van der Waals surface area contributed by atoms with Crippen molar-refractivity contribution in [3.63, 3.8) is 0 Å². The first-order valence-corrected chi connectivity index (χ1v) is 7.19. The molecule has 0 saturated carbocycles. The standard InChI is InChI=1S/C15H18N2O2S/c1-10(18)15-13(16)9-14(20-15)17-8-7-11-3-5-12(19-2)6-4-11/h3-6,9,17H,7-8,16H2,1-2H3. The fraction of sp³-hybridized carbons (Fsp3) is 0.267. The molecule has 5 heteroatoms. The smallest absolute Gasteiger partial charge is 0.171 e. The Balaban J connectivity index is 1.89. The van der Waals surface area contributed by atoms with Crippen molar-refractivity contribution in [3.8, 4) is 5.75 Å². The van der Waals surface area contributed by atoms with Gasteiger partial charge in [0, 0.05) is 13.5 Å². The van der Waals surface area contributed by atoms with Gasteiger partial charge in [0.1, 0.15) is 5.75 Å². The molecule has 0 atom stereocenters. The molecule has 0 radical (unpaired) electrons. The molecule has 0 aliphatic rings. The Kier molecular flexibility index (Phi) is 4.63. The van der Waals surface area contributed by atoms with E-state index in [1.54, 1.807) is 7.11 Å². The van der Waals surface area contributed by atoms with E-state index in [0.29, 0.717) is 10.6 Å². The maximum absolute atomic E-state index is 11.3. The lowest BCUT2D eigenvalue weighted by Crippen LogP contribution is -2.03. The van der Waals surface area contributed by atoms with Crippen LogP contribution in [0.1, 0.15) is 22.2 Å². The number of benzene rings is 1. The molecule has 20 heavy (non-hydrogen) atoms. The summed E-state index contributed by atoms with van der Waals surface area (Å²) in [6.07, 6.45) is 0.900. The second kappa shape index (κ2) is 6.43. The number of ether oxygens (including phenoxy) is 1. The first kappa shape index (κ1) is 14.4. The number of carbonyl (C=O) groups excluding carboxylic acids is 1. The quantitative estimate of drug-likeness (QED) is 0.802. The van der Waals surface area contributed by atoms with Crippen LogP contribution in [0.25, 0.3) is 0 Å². The first-order valence-electron chi connectivity index (χ1n) is 6.37. The van der Waals surface area contributed by atoms with Crippen LogP contribution >= 0.6 is 11.3 Å². The molecule has 0 fully saturated rings. The summed E-state index contributed by atoms with van der Waals surface area (Å²) in [6, 6.07) is 9.81. The number of carbonyl (C=O) groups is 1. The molecule has 0 aliphatic carbocycles. The van der Waals surface area contributed by atoms with Gasteiger partial charge in [0.2, 0.25) is 0 Å². The number of nitrogens with two attached hydrogens (primary N) is 1. The van der Waals surface area contributed by atoms with E-state index in [1.807, 2.05) is 30.3 Å². The third-order valence-electron chi connectivity index (χ3n) is 2.95. The zero-order chi connectivity index (χ0) is 14.5. The third kappa shape index (κ3) is 3.51. The Hall–Kier alpha value is -2.01. The van der Waals surface area contributed by atoms with Crippen molar-refractivity contribution in [1.29, 1.82) is 0 Å². The number of nitrogen functional groups attached to an aromatic ring is 1. The van der Waals surface area contributed by atoms with E-state index in [2.05, 4.69) is 5.32 Å². The van der Waals surface area contributed by atoms with E-state index in [9.17, 15) is 4.79 Å². The molecule has 2 rings (SSSR count). The fourth-order valence-electron chi connectivity index (χ4n) is 1.89. The van der Waals surface area contributed by atoms with E-state index < -0.39 is 0 Å². The van der Waals surface area contributed by atoms with Crippen LogP contribution in [0.5, 0.6) is 5.75 Å². The molecule has 1 aromatic heterocycles. The molecular formula is C15H18N2O2S. The van der Waals surface area contributed by atoms with Gasteiger partial charge in [-0.25, -0.2) is 0 Å². The number of hydrogen-bond donors (Lipinski definition) is 2. The monoisotopic (exact) mass is 290 g/mol. The van der Waals surface area contributed by atoms with Crippen molar-refractivity contribution >= 4 is 27.8 Å². The van der Waals surface area contributed by atoms with Crippen molar-refractivity contribution in [3.05, 3.63) is 40.8 Å². The number of thiophene rings is 1. The van der Waals surface area contributed by atoms with Gasteiger partial charge in [-0.3, -0.25) is 4.79 Å². The lowest BCUT2D eigenvalue weighted by Gasteiger charge is -2.05. The molecule has 0 spiro atoms. The normalized spacial score (nSPS) is 10.3. The molecule has 3 N–H and O–H groups in total. The maximum Gasteiger partial charge on any atom is 0.171 e. The number of hydrogen-bond acceptors (Lipinski definition) is 5. The molecule has 0 saturated heterocycles. The van der Waals surface area contributed by atoms with Crippen molar-refractivity contribution in [1.82, 2.24) is 0 Å². The van der Waals surface area contributed by atoms with E-state index in [4.69, 9.17) is 10.5 Å². The number of ketones is 1. The largest absolute Gasteiger partial charge is 0.497 e. The first-order chi connectivity index (χ1) is 9.60. The summed E-state index contributed by atoms with van der Waals surface area (Å²) in [6.45, 7) is 2.33. The molecule has 0 unspecified atom stereocenters. The summed E-state index contributed by atoms with van der Waals surface area (Å²) in [5.74, 6) is 0.870. The van der Waals surface area contributed by atoms with Crippen LogP contribution in [0, 0.1) is 0 Å². The van der Waals surface area contributed by atoms with Crippen molar-refractivity contribution < 1.29 is 9.53 Å². The van der Waals surface area contributed by atoms with Crippen LogP contribution < -0.4 is 15.8 Å². The molecule has 2 aromatic rings. The molecule has 4 nitrogen and oxygen atoms in total. The van der Waals surface area contributed by atoms with Crippen molar-refractivity contribution in [2.45, 2.75) is 13.3 Å². The highest BCUT2D eigenvalue weighted by Gasteiger charge is 2.09. The molecule has 106 valence electrons. The molecular weight excluding hydrogens is 272 g/mol. The minimum absolute atomic E-state index is 0.00991. The zero-order valence-corrected chi connectivity index (χ0v) is 12.4. The van der Waals surface area contributed by atoms with Gasteiger partial charge in [-0.1, -0.05) is 12.1 Å². The van der Waals surface area contributed by atoms with E-state index >= 15 is 0 Å². The van der Waals surface area contributed by atoms with Crippen LogP contribution in [0.2, 0.25) is 0 Å². The Bertz CT molecular complexity index is 590. The topological polar surface area (TPSA) is 64.3 Å². The summed E-state index contributed by atoms with van der Waals surface area (Å²) in [5.41, 5.74) is 7.57. The minimum atomic E-state index is 0.00991. The van der Waals surface area contributed by atoms with E-state index in [1.165, 1.54) is 23.8 Å². The zero-order valence-electron chi connectivity index (χ0n) is 11.6. The van der Waals surface area contributed by atoms with Gasteiger partial charge in [-0.2, -0.15) is 0 Å². The fourth-order valence-corrected chi connectivity index (χ4v) is 2.79. The Labute approximate surface area is 122 Å². The van der Waals surface area contributed by atoms with Crippen LogP contribution in [0.3, 0.4) is 0 Å². The molecule has 0 bridgehead atoms. The highest BCUT2D eigenvalue weighted by molar-refractivity contribution is 7.18. The van der Waals surface area contributed by atoms with Gasteiger partial charge in [0.25, 0.3) is 0 Å². The number of Topliss-reactive ketones (excluding diaryl/α,β-unsaturated/α-hetero) is 1. The maximum atomic E-state index is 11.3. The summed E-state index contributed by atoms with van der Waals surface area (Å²) in [4.78, 5) is 11.9. The predicted molar refractivity (Wildman–Crippen MR) is 83.9 cm³/mol. The van der Waals surface area contributed by atoms with Gasteiger partial charge >= 0.3 is 0 Å². The lowest BCUT2D eigenvalue weighted by atomic mass is 10.1. The van der Waals surface area contributed by atoms with Crippen molar-refractivity contribution in [2.24, 2.45) is 0 Å². The third-order valence-corrected chi connectivity index (χ3v) is 4.16. The lowest BCUT2D eigenvalue weighted by molar-refractivity contribution is 0.102. The average molecular weight is 290 g/mol. The van der Waals surface area contributed by atoms with E-state index in [-0.39, 0.29) is 5.78 Å². The molecule has 1 heterocycles. The van der Waals surface area contributed by atoms with Gasteiger partial charge in [0.15, 0.2) is 5.78 Å². The number of anilines is 2. The molecule has 0 aliphatic heterocycles. The SMILES string of the molecule is COc1ccc(CCNc2cc(N)c(C(C)=O)s2)cc1. The van der Waals surface area contributed by atoms with Crippen LogP contribution in [0.4, 0.5) is 10.7 Å². The molecule has 1 aromatic carbocycles. The van der Waals surface area contributed by atoms with Crippen LogP contribution in [-0.4, -0.2) is 19.4 Å². The van der Waals surface area contributed by atoms with Gasteiger partial charge in [-0.05, 0) is 30.2 Å². The average Bonchev–Trinajstić information content (AvgIpc) is 2.81. The summed E-state index contributed by atoms with van der Waals surface area (Å²) < 4.78 is 5.12. The molecule has 0 amide bonds. The highest BCUT2D eigenvalue weighted by atomic mass is 32.1. The van der Waals surface area contributed by atoms with Gasteiger partial charge in [-0.15, -0.1) is 11.3 Å². The second-order valence-corrected chi connectivity index (χ2v) is 5.53. The Morgan fingerprint density at radius 1 is 1.35 bits per heavy atom. The number of rotatable bonds is 6. The van der Waals surface area contributed by atoms with Crippen LogP contribution in [0.15, 0.2) is 30.3 Å². The summed E-state index contributed by atoms with van der Waals surface area (Å²) >= 11 is 1.40. The summed E-state index contributed by atoms with van der Waals surface area (Å²) in [5, 5.41) is 4.22. The van der Waals surface area contributed by atoms with Crippen LogP contribution in [-0.2, 0) is 6.42 Å². The summed E-state index contributed by atoms with van der Waals surface area (Å²) in [7, 11) is 1.66. The van der Waals surface area contributed by atoms with Gasteiger partial charge in [0.05, 0.1) is 22.7 Å². The highest BCUT2D eigenvalue weighted by Crippen LogP contribution is 2.29. The van der Waals surface area contributed by atoms with Crippen molar-refractivity contribution in [2.75, 3.05) is 24.7 Å².